The van der Waals surface area contributed by atoms with Crippen LogP contribution >= 0.6 is 0 Å². The maximum absolute atomic E-state index is 12.7. The van der Waals surface area contributed by atoms with Crippen LogP contribution in [0.5, 0.6) is 0 Å². The average molecular weight is 287 g/mol. The molecule has 1 unspecified atom stereocenters. The second kappa shape index (κ2) is 6.06. The summed E-state index contributed by atoms with van der Waals surface area (Å²) in [6, 6.07) is 6.15. The van der Waals surface area contributed by atoms with Crippen molar-refractivity contribution >= 4 is 11.6 Å². The second-order valence-corrected chi connectivity index (χ2v) is 6.36. The molecule has 0 bridgehead atoms. The van der Waals surface area contributed by atoms with Crippen molar-refractivity contribution in [3.63, 3.8) is 0 Å². The van der Waals surface area contributed by atoms with Crippen LogP contribution in [0, 0.1) is 6.92 Å². The first-order chi connectivity index (χ1) is 10.1. The minimum absolute atomic E-state index is 0.138. The Hall–Kier alpha value is -1.55. The predicted octanol–water partition coefficient (Wildman–Crippen LogP) is 2.28. The number of anilines is 1. The number of hydrogen-bond acceptors (Lipinski definition) is 3. The molecule has 3 rings (SSSR count). The van der Waals surface area contributed by atoms with Crippen LogP contribution in [0.15, 0.2) is 18.2 Å². The number of amides is 1. The molecule has 2 aliphatic rings. The second-order valence-electron chi connectivity index (χ2n) is 6.36. The Morgan fingerprint density at radius 1 is 1.19 bits per heavy atom. The smallest absolute Gasteiger partial charge is 0.254 e. The van der Waals surface area contributed by atoms with Gasteiger partial charge in [0.2, 0.25) is 0 Å². The van der Waals surface area contributed by atoms with Crippen LogP contribution in [0.3, 0.4) is 0 Å². The molecule has 114 valence electrons. The molecule has 2 heterocycles. The summed E-state index contributed by atoms with van der Waals surface area (Å²) in [5.74, 6) is 0.138. The Morgan fingerprint density at radius 3 is 2.71 bits per heavy atom. The topological polar surface area (TPSA) is 49.6 Å². The molecule has 1 aromatic rings. The summed E-state index contributed by atoms with van der Waals surface area (Å²) in [5, 5.41) is 0. The van der Waals surface area contributed by atoms with Crippen LogP contribution in [0.4, 0.5) is 5.69 Å². The van der Waals surface area contributed by atoms with Crippen molar-refractivity contribution in [1.29, 1.82) is 0 Å². The first-order valence-electron chi connectivity index (χ1n) is 8.04. The van der Waals surface area contributed by atoms with E-state index in [1.807, 2.05) is 30.0 Å². The molecule has 1 aromatic carbocycles. The zero-order valence-electron chi connectivity index (χ0n) is 12.8. The molecule has 0 spiro atoms. The molecular weight excluding hydrogens is 262 g/mol. The molecule has 2 saturated heterocycles. The van der Waals surface area contributed by atoms with E-state index in [4.69, 9.17) is 5.73 Å². The fourth-order valence-corrected chi connectivity index (χ4v) is 3.55. The number of carbonyl (C=O) groups excluding carboxylic acids is 1. The lowest BCUT2D eigenvalue weighted by molar-refractivity contribution is 0.0771. The lowest BCUT2D eigenvalue weighted by Gasteiger charge is -2.32. The molecule has 2 aliphatic heterocycles. The van der Waals surface area contributed by atoms with Crippen molar-refractivity contribution in [2.24, 2.45) is 0 Å². The van der Waals surface area contributed by atoms with E-state index in [-0.39, 0.29) is 5.91 Å². The molecule has 0 radical (unpaired) electrons. The van der Waals surface area contributed by atoms with Crippen LogP contribution in [0.1, 0.15) is 41.6 Å². The third-order valence-electron chi connectivity index (χ3n) is 4.85. The van der Waals surface area contributed by atoms with Gasteiger partial charge in [-0.15, -0.1) is 0 Å². The average Bonchev–Trinajstić information content (AvgIpc) is 3.00. The van der Waals surface area contributed by atoms with E-state index < -0.39 is 0 Å². The first kappa shape index (κ1) is 14.4. The SMILES string of the molecule is Cc1ccc(N)cc1C(=O)N1CCC(N2CCCCC2)C1. The maximum atomic E-state index is 12.7. The number of piperidine rings is 1. The van der Waals surface area contributed by atoms with Gasteiger partial charge in [0.25, 0.3) is 5.91 Å². The standard InChI is InChI=1S/C17H25N3O/c1-13-5-6-14(18)11-16(13)17(21)20-10-7-15(12-20)19-8-3-2-4-9-19/h5-6,11,15H,2-4,7-10,12,18H2,1H3. The molecule has 2 fully saturated rings. The molecule has 0 saturated carbocycles. The Bertz CT molecular complexity index is 523. The third kappa shape index (κ3) is 3.05. The van der Waals surface area contributed by atoms with Gasteiger partial charge in [-0.25, -0.2) is 0 Å². The highest BCUT2D eigenvalue weighted by Crippen LogP contribution is 2.23. The highest BCUT2D eigenvalue weighted by molar-refractivity contribution is 5.96. The number of hydrogen-bond donors (Lipinski definition) is 1. The molecule has 1 amide bonds. The highest BCUT2D eigenvalue weighted by atomic mass is 16.2. The Kier molecular flexibility index (Phi) is 4.15. The first-order valence-corrected chi connectivity index (χ1v) is 8.04. The van der Waals surface area contributed by atoms with Gasteiger partial charge < -0.3 is 10.6 Å². The van der Waals surface area contributed by atoms with Gasteiger partial charge in [-0.1, -0.05) is 12.5 Å². The van der Waals surface area contributed by atoms with Gasteiger partial charge >= 0.3 is 0 Å². The number of aryl methyl sites for hydroxylation is 1. The molecule has 4 nitrogen and oxygen atoms in total. The van der Waals surface area contributed by atoms with E-state index in [9.17, 15) is 4.79 Å². The molecule has 0 aliphatic carbocycles. The molecule has 21 heavy (non-hydrogen) atoms. The number of nitrogens with two attached hydrogens (primary N) is 1. The van der Waals surface area contributed by atoms with Gasteiger partial charge in [0, 0.05) is 30.4 Å². The number of benzene rings is 1. The molecule has 0 aromatic heterocycles. The molecular formula is C17H25N3O. The van der Waals surface area contributed by atoms with Crippen LogP contribution in [0.25, 0.3) is 0 Å². The lowest BCUT2D eigenvalue weighted by Crippen LogP contribution is -2.41. The third-order valence-corrected chi connectivity index (χ3v) is 4.85. The van der Waals surface area contributed by atoms with E-state index in [1.165, 1.54) is 32.4 Å². The van der Waals surface area contributed by atoms with E-state index >= 15 is 0 Å². The van der Waals surface area contributed by atoms with Crippen molar-refractivity contribution in [3.05, 3.63) is 29.3 Å². The highest BCUT2D eigenvalue weighted by Gasteiger charge is 2.31. The van der Waals surface area contributed by atoms with E-state index in [2.05, 4.69) is 4.90 Å². The van der Waals surface area contributed by atoms with Crippen LogP contribution in [0.2, 0.25) is 0 Å². The van der Waals surface area contributed by atoms with E-state index in [0.717, 1.165) is 30.6 Å². The Morgan fingerprint density at radius 2 is 1.95 bits per heavy atom. The zero-order chi connectivity index (χ0) is 14.8. The van der Waals surface area contributed by atoms with Gasteiger partial charge in [0.1, 0.15) is 0 Å². The quantitative estimate of drug-likeness (QED) is 0.849. The van der Waals surface area contributed by atoms with Crippen molar-refractivity contribution in [3.8, 4) is 0 Å². The van der Waals surface area contributed by atoms with Gasteiger partial charge in [0.05, 0.1) is 0 Å². The maximum Gasteiger partial charge on any atom is 0.254 e. The predicted molar refractivity (Wildman–Crippen MR) is 85.3 cm³/mol. The van der Waals surface area contributed by atoms with Gasteiger partial charge in [-0.2, -0.15) is 0 Å². The summed E-state index contributed by atoms with van der Waals surface area (Å²) in [7, 11) is 0. The number of likely N-dealkylation sites (tertiary alicyclic amines) is 2. The zero-order valence-corrected chi connectivity index (χ0v) is 12.8. The summed E-state index contributed by atoms with van der Waals surface area (Å²) < 4.78 is 0. The number of carbonyl (C=O) groups is 1. The van der Waals surface area contributed by atoms with Gasteiger partial charge in [-0.3, -0.25) is 9.69 Å². The fourth-order valence-electron chi connectivity index (χ4n) is 3.55. The minimum atomic E-state index is 0.138. The summed E-state index contributed by atoms with van der Waals surface area (Å²) in [6.07, 6.45) is 5.07. The van der Waals surface area contributed by atoms with Crippen LogP contribution in [-0.4, -0.2) is 47.9 Å². The number of rotatable bonds is 2. The van der Waals surface area contributed by atoms with Crippen molar-refractivity contribution < 1.29 is 4.79 Å². The lowest BCUT2D eigenvalue weighted by atomic mass is 10.1. The van der Waals surface area contributed by atoms with Gasteiger partial charge in [0.15, 0.2) is 0 Å². The summed E-state index contributed by atoms with van der Waals surface area (Å²) in [4.78, 5) is 17.3. The molecule has 4 heteroatoms. The number of nitrogens with zero attached hydrogens (tertiary/aromatic N) is 2. The largest absolute Gasteiger partial charge is 0.399 e. The Balaban J connectivity index is 1.67. The summed E-state index contributed by atoms with van der Waals surface area (Å²) in [6.45, 7) is 6.11. The van der Waals surface area contributed by atoms with E-state index in [0.29, 0.717) is 11.7 Å². The molecule has 1 atom stereocenters. The molecule has 2 N–H and O–H groups in total. The normalized spacial score (nSPS) is 23.5. The van der Waals surface area contributed by atoms with E-state index in [1.54, 1.807) is 0 Å². The van der Waals surface area contributed by atoms with Crippen molar-refractivity contribution in [1.82, 2.24) is 9.80 Å². The van der Waals surface area contributed by atoms with Gasteiger partial charge in [-0.05, 0) is 57.0 Å². The Labute approximate surface area is 126 Å². The minimum Gasteiger partial charge on any atom is -0.399 e. The number of nitrogen functional groups attached to an aromatic ring is 1. The van der Waals surface area contributed by atoms with Crippen LogP contribution in [-0.2, 0) is 0 Å². The van der Waals surface area contributed by atoms with Crippen molar-refractivity contribution in [2.45, 2.75) is 38.6 Å². The summed E-state index contributed by atoms with van der Waals surface area (Å²) in [5.41, 5.74) is 8.26. The summed E-state index contributed by atoms with van der Waals surface area (Å²) >= 11 is 0. The fraction of sp³-hybridized carbons (Fsp3) is 0.588. The van der Waals surface area contributed by atoms with Crippen LogP contribution < -0.4 is 5.73 Å². The monoisotopic (exact) mass is 287 g/mol. The van der Waals surface area contributed by atoms with Crippen molar-refractivity contribution in [2.75, 3.05) is 31.9 Å².